The number of amides is 1. The third-order valence-electron chi connectivity index (χ3n) is 5.11. The number of thiophene rings is 1. The number of rotatable bonds is 5. The predicted molar refractivity (Wildman–Crippen MR) is 133 cm³/mol. The van der Waals surface area contributed by atoms with Crippen molar-refractivity contribution in [2.24, 2.45) is 5.10 Å². The van der Waals surface area contributed by atoms with E-state index in [-0.39, 0.29) is 5.91 Å². The topological polar surface area (TPSA) is 78.8 Å². The average Bonchev–Trinajstić information content (AvgIpc) is 2.96. The standard InChI is InChI=1S/C23H23N5O2S2/c1-13-14(2)32-22-20(13)21(17-5-7-18(8-6-17)25-15(3)29)27-28(23(31)26-22)12-16-9-19(30-4)11-24-10-16/h5-11H,12H2,1-4H3,(H,25,29)(H,26,31). The van der Waals surface area contributed by atoms with Crippen LogP contribution in [-0.2, 0) is 11.3 Å². The molecule has 0 atom stereocenters. The van der Waals surface area contributed by atoms with Gasteiger partial charge < -0.3 is 15.4 Å². The van der Waals surface area contributed by atoms with Gasteiger partial charge in [0.25, 0.3) is 0 Å². The van der Waals surface area contributed by atoms with E-state index >= 15 is 0 Å². The van der Waals surface area contributed by atoms with Crippen molar-refractivity contribution in [3.8, 4) is 5.75 Å². The van der Waals surface area contributed by atoms with Crippen LogP contribution in [0.3, 0.4) is 0 Å². The Morgan fingerprint density at radius 2 is 2.00 bits per heavy atom. The lowest BCUT2D eigenvalue weighted by Gasteiger charge is -2.19. The predicted octanol–water partition coefficient (Wildman–Crippen LogP) is 4.69. The van der Waals surface area contributed by atoms with E-state index in [0.717, 1.165) is 38.7 Å². The molecule has 1 aliphatic rings. The van der Waals surface area contributed by atoms with Gasteiger partial charge in [-0.25, -0.2) is 5.01 Å². The highest BCUT2D eigenvalue weighted by molar-refractivity contribution is 7.80. The summed E-state index contributed by atoms with van der Waals surface area (Å²) < 4.78 is 5.30. The van der Waals surface area contributed by atoms with Crippen LogP contribution >= 0.6 is 23.6 Å². The van der Waals surface area contributed by atoms with Gasteiger partial charge in [-0.05, 0) is 55.4 Å². The van der Waals surface area contributed by atoms with Crippen molar-refractivity contribution in [3.05, 3.63) is 69.9 Å². The lowest BCUT2D eigenvalue weighted by molar-refractivity contribution is -0.114. The van der Waals surface area contributed by atoms with E-state index in [2.05, 4.69) is 29.5 Å². The maximum Gasteiger partial charge on any atom is 0.221 e. The molecule has 1 amide bonds. The average molecular weight is 466 g/mol. The minimum atomic E-state index is -0.108. The summed E-state index contributed by atoms with van der Waals surface area (Å²) in [6.45, 7) is 6.12. The molecule has 4 rings (SSSR count). The van der Waals surface area contributed by atoms with Crippen molar-refractivity contribution in [3.63, 3.8) is 0 Å². The Labute approximate surface area is 196 Å². The van der Waals surface area contributed by atoms with Crippen molar-refractivity contribution >= 4 is 51.0 Å². The van der Waals surface area contributed by atoms with Crippen LogP contribution in [0.5, 0.6) is 5.75 Å². The maximum atomic E-state index is 11.4. The number of nitrogens with zero attached hydrogens (tertiary/aromatic N) is 3. The molecule has 1 aliphatic heterocycles. The zero-order chi connectivity index (χ0) is 22.8. The molecule has 0 bridgehead atoms. The van der Waals surface area contributed by atoms with Crippen LogP contribution in [0.4, 0.5) is 10.7 Å². The fourth-order valence-corrected chi connectivity index (χ4v) is 4.77. The van der Waals surface area contributed by atoms with Crippen molar-refractivity contribution in [1.29, 1.82) is 0 Å². The van der Waals surface area contributed by atoms with E-state index < -0.39 is 0 Å². The molecule has 3 heterocycles. The van der Waals surface area contributed by atoms with Crippen LogP contribution in [0.15, 0.2) is 47.8 Å². The largest absolute Gasteiger partial charge is 0.495 e. The Balaban J connectivity index is 1.77. The highest BCUT2D eigenvalue weighted by Gasteiger charge is 2.26. The van der Waals surface area contributed by atoms with Crippen LogP contribution in [-0.4, -0.2) is 33.8 Å². The van der Waals surface area contributed by atoms with Crippen LogP contribution in [0.25, 0.3) is 0 Å². The third kappa shape index (κ3) is 4.49. The van der Waals surface area contributed by atoms with Crippen molar-refractivity contribution in [1.82, 2.24) is 9.99 Å². The van der Waals surface area contributed by atoms with E-state index in [1.165, 1.54) is 11.8 Å². The number of anilines is 2. The van der Waals surface area contributed by atoms with Crippen LogP contribution in [0, 0.1) is 13.8 Å². The molecule has 0 saturated carbocycles. The Bertz CT molecular complexity index is 1220. The number of hydrogen-bond acceptors (Lipinski definition) is 6. The van der Waals surface area contributed by atoms with Crippen molar-refractivity contribution < 1.29 is 9.53 Å². The first kappa shape index (κ1) is 21.9. The van der Waals surface area contributed by atoms with Crippen molar-refractivity contribution in [2.45, 2.75) is 27.3 Å². The van der Waals surface area contributed by atoms with Crippen LogP contribution < -0.4 is 15.4 Å². The summed E-state index contributed by atoms with van der Waals surface area (Å²) in [6, 6.07) is 9.59. The zero-order valence-electron chi connectivity index (χ0n) is 18.2. The molecular formula is C23H23N5O2S2. The summed E-state index contributed by atoms with van der Waals surface area (Å²) in [4.78, 5) is 16.8. The number of pyridine rings is 1. The normalized spacial score (nSPS) is 13.1. The first-order chi connectivity index (χ1) is 15.4. The highest BCUT2D eigenvalue weighted by Crippen LogP contribution is 2.36. The summed E-state index contributed by atoms with van der Waals surface area (Å²) in [6.07, 6.45) is 3.44. The van der Waals surface area contributed by atoms with Gasteiger partial charge in [0.05, 0.1) is 19.9 Å². The molecule has 1 aromatic carbocycles. The van der Waals surface area contributed by atoms with Gasteiger partial charge in [0.2, 0.25) is 5.91 Å². The number of hydrazone groups is 1. The molecule has 164 valence electrons. The summed E-state index contributed by atoms with van der Waals surface area (Å²) in [5.41, 5.74) is 5.61. The molecule has 0 unspecified atom stereocenters. The number of carbonyl (C=O) groups excluding carboxylic acids is 1. The Kier molecular flexibility index (Phi) is 6.20. The number of ether oxygens (including phenoxy) is 1. The Morgan fingerprint density at radius 3 is 2.69 bits per heavy atom. The van der Waals surface area contributed by atoms with E-state index in [1.54, 1.807) is 35.8 Å². The summed E-state index contributed by atoms with van der Waals surface area (Å²) in [5.74, 6) is 0.573. The molecule has 0 saturated heterocycles. The number of aromatic nitrogens is 1. The number of benzene rings is 1. The van der Waals surface area contributed by atoms with Gasteiger partial charge in [0.15, 0.2) is 5.11 Å². The quantitative estimate of drug-likeness (QED) is 0.532. The Hall–Kier alpha value is -3.30. The number of hydrogen-bond donors (Lipinski definition) is 2. The van der Waals surface area contributed by atoms with Crippen molar-refractivity contribution in [2.75, 3.05) is 17.7 Å². The fraction of sp³-hybridized carbons (Fsp3) is 0.217. The lowest BCUT2D eigenvalue weighted by Crippen LogP contribution is -2.29. The number of aryl methyl sites for hydroxylation is 1. The number of methoxy groups -OCH3 is 1. The lowest BCUT2D eigenvalue weighted by atomic mass is 10.00. The molecule has 7 nitrogen and oxygen atoms in total. The van der Waals surface area contributed by atoms with Gasteiger partial charge in [-0.2, -0.15) is 5.10 Å². The molecular weight excluding hydrogens is 442 g/mol. The maximum absolute atomic E-state index is 11.4. The number of carbonyl (C=O) groups is 1. The highest BCUT2D eigenvalue weighted by atomic mass is 32.1. The number of fused-ring (bicyclic) bond motifs is 1. The smallest absolute Gasteiger partial charge is 0.221 e. The number of thiocarbonyl (C=S) groups is 1. The SMILES string of the molecule is COc1cncc(CN2N=C(c3ccc(NC(C)=O)cc3)c3c(sc(C)c3C)NC2=S)c1. The van der Waals surface area contributed by atoms with E-state index in [4.69, 9.17) is 22.1 Å². The van der Waals surface area contributed by atoms with Gasteiger partial charge in [-0.1, -0.05) is 12.1 Å². The minimum Gasteiger partial charge on any atom is -0.495 e. The molecule has 9 heteroatoms. The molecule has 32 heavy (non-hydrogen) atoms. The van der Waals surface area contributed by atoms with Gasteiger partial charge in [0.1, 0.15) is 16.5 Å². The molecule has 3 aromatic rings. The summed E-state index contributed by atoms with van der Waals surface area (Å²) in [5, 5.41) is 14.4. The molecule has 2 aromatic heterocycles. The monoisotopic (exact) mass is 465 g/mol. The minimum absolute atomic E-state index is 0.108. The van der Waals surface area contributed by atoms with Gasteiger partial charge >= 0.3 is 0 Å². The third-order valence-corrected chi connectivity index (χ3v) is 6.55. The Morgan fingerprint density at radius 1 is 1.25 bits per heavy atom. The second-order valence-electron chi connectivity index (χ2n) is 7.42. The zero-order valence-corrected chi connectivity index (χ0v) is 19.9. The molecule has 0 spiro atoms. The van der Waals surface area contributed by atoms with Crippen LogP contribution in [0.1, 0.15) is 34.1 Å². The molecule has 2 N–H and O–H groups in total. The summed E-state index contributed by atoms with van der Waals surface area (Å²) >= 11 is 7.35. The van der Waals surface area contributed by atoms with Gasteiger partial charge in [-0.3, -0.25) is 9.78 Å². The summed E-state index contributed by atoms with van der Waals surface area (Å²) in [7, 11) is 1.61. The van der Waals surface area contributed by atoms with Crippen LogP contribution in [0.2, 0.25) is 0 Å². The van der Waals surface area contributed by atoms with Gasteiger partial charge in [0, 0.05) is 34.8 Å². The van der Waals surface area contributed by atoms with E-state index in [1.807, 2.05) is 30.3 Å². The number of nitrogens with one attached hydrogen (secondary N) is 2. The fourth-order valence-electron chi connectivity index (χ4n) is 3.44. The second-order valence-corrected chi connectivity index (χ2v) is 9.03. The molecule has 0 fully saturated rings. The molecule has 0 radical (unpaired) electrons. The first-order valence-electron chi connectivity index (χ1n) is 9.99. The van der Waals surface area contributed by atoms with Gasteiger partial charge in [-0.15, -0.1) is 11.3 Å². The van der Waals surface area contributed by atoms with E-state index in [0.29, 0.717) is 17.4 Å². The second kappa shape index (κ2) is 9.05. The van der Waals surface area contributed by atoms with E-state index in [9.17, 15) is 4.79 Å². The first-order valence-corrected chi connectivity index (χ1v) is 11.2. The molecule has 0 aliphatic carbocycles.